The molecule has 0 saturated carbocycles. The molecule has 4 rings (SSSR count). The molecule has 0 unspecified atom stereocenters. The molecule has 4 aromatic rings. The lowest BCUT2D eigenvalue weighted by Gasteiger charge is -2.16. The standard InChI is InChI=1S/C31H32N2O4/c1-6-17-37-25-14-15-27-26(19-25)30(24-12-10-23(11-13-24)21(4)5)32-31(34)33(27)20-22-9-16-28(35-7-2)29(18-22)36-8-3/h1,9-16,18-19,21H,7-8,17,20H2,2-5H3. The van der Waals surface area contributed by atoms with Crippen LogP contribution in [0.25, 0.3) is 22.2 Å². The van der Waals surface area contributed by atoms with Crippen molar-refractivity contribution in [3.05, 3.63) is 82.3 Å². The Labute approximate surface area is 217 Å². The first-order chi connectivity index (χ1) is 17.9. The maximum Gasteiger partial charge on any atom is 0.348 e. The smallest absolute Gasteiger partial charge is 0.348 e. The van der Waals surface area contributed by atoms with Crippen molar-refractivity contribution in [1.29, 1.82) is 0 Å². The molecule has 0 spiro atoms. The molecule has 0 bridgehead atoms. The molecule has 6 heteroatoms. The van der Waals surface area contributed by atoms with Crippen molar-refractivity contribution >= 4 is 10.9 Å². The molecular weight excluding hydrogens is 464 g/mol. The summed E-state index contributed by atoms with van der Waals surface area (Å²) in [4.78, 5) is 17.9. The van der Waals surface area contributed by atoms with Crippen molar-refractivity contribution < 1.29 is 14.2 Å². The summed E-state index contributed by atoms with van der Waals surface area (Å²) in [6.07, 6.45) is 5.39. The third-order valence-corrected chi connectivity index (χ3v) is 6.07. The SMILES string of the molecule is C#CCOc1ccc2c(c1)c(-c1ccc(C(C)C)cc1)nc(=O)n2Cc1ccc(OCC)c(OCC)c1. The molecule has 1 heterocycles. The van der Waals surface area contributed by atoms with E-state index in [1.165, 1.54) is 5.56 Å². The number of hydrogen-bond acceptors (Lipinski definition) is 5. The topological polar surface area (TPSA) is 62.6 Å². The van der Waals surface area contributed by atoms with Crippen molar-refractivity contribution in [2.45, 2.75) is 40.2 Å². The maximum absolute atomic E-state index is 13.4. The lowest BCUT2D eigenvalue weighted by Crippen LogP contribution is -2.24. The molecule has 0 aliphatic rings. The van der Waals surface area contributed by atoms with Crippen LogP contribution in [0.5, 0.6) is 17.2 Å². The zero-order valence-electron chi connectivity index (χ0n) is 21.8. The average Bonchev–Trinajstić information content (AvgIpc) is 2.90. The maximum atomic E-state index is 13.4. The van der Waals surface area contributed by atoms with Gasteiger partial charge in [0.2, 0.25) is 0 Å². The molecule has 37 heavy (non-hydrogen) atoms. The predicted molar refractivity (Wildman–Crippen MR) is 148 cm³/mol. The second-order valence-electron chi connectivity index (χ2n) is 8.92. The van der Waals surface area contributed by atoms with Crippen molar-refractivity contribution in [3.63, 3.8) is 0 Å². The highest BCUT2D eigenvalue weighted by Crippen LogP contribution is 2.32. The zero-order valence-corrected chi connectivity index (χ0v) is 21.8. The Morgan fingerprint density at radius 2 is 1.65 bits per heavy atom. The van der Waals surface area contributed by atoms with Gasteiger partial charge in [-0.05, 0) is 61.2 Å². The summed E-state index contributed by atoms with van der Waals surface area (Å²) in [7, 11) is 0. The van der Waals surface area contributed by atoms with Gasteiger partial charge in [-0.3, -0.25) is 4.57 Å². The van der Waals surface area contributed by atoms with Gasteiger partial charge in [0, 0.05) is 10.9 Å². The monoisotopic (exact) mass is 496 g/mol. The van der Waals surface area contributed by atoms with Crippen molar-refractivity contribution in [3.8, 4) is 40.8 Å². The Morgan fingerprint density at radius 1 is 0.919 bits per heavy atom. The number of terminal acetylenes is 1. The van der Waals surface area contributed by atoms with Gasteiger partial charge in [0.15, 0.2) is 11.5 Å². The molecule has 0 N–H and O–H groups in total. The molecule has 0 atom stereocenters. The highest BCUT2D eigenvalue weighted by molar-refractivity contribution is 5.93. The molecular formula is C31H32N2O4. The van der Waals surface area contributed by atoms with Crippen LogP contribution in [0.15, 0.2) is 65.5 Å². The summed E-state index contributed by atoms with van der Waals surface area (Å²) in [6, 6.07) is 19.5. The number of benzene rings is 3. The Morgan fingerprint density at radius 3 is 2.32 bits per heavy atom. The highest BCUT2D eigenvalue weighted by atomic mass is 16.5. The third-order valence-electron chi connectivity index (χ3n) is 6.07. The molecule has 0 saturated heterocycles. The van der Waals surface area contributed by atoms with Gasteiger partial charge in [-0.1, -0.05) is 50.1 Å². The van der Waals surface area contributed by atoms with Gasteiger partial charge in [0.25, 0.3) is 0 Å². The average molecular weight is 497 g/mol. The summed E-state index contributed by atoms with van der Waals surface area (Å²) in [5, 5.41) is 0.808. The lowest BCUT2D eigenvalue weighted by molar-refractivity contribution is 0.287. The van der Waals surface area contributed by atoms with Crippen LogP contribution in [-0.2, 0) is 6.54 Å². The zero-order chi connectivity index (χ0) is 26.4. The van der Waals surface area contributed by atoms with Gasteiger partial charge >= 0.3 is 5.69 Å². The van der Waals surface area contributed by atoms with Gasteiger partial charge in [-0.25, -0.2) is 4.79 Å². The second-order valence-corrected chi connectivity index (χ2v) is 8.92. The van der Waals surface area contributed by atoms with Crippen LogP contribution in [0.3, 0.4) is 0 Å². The molecule has 3 aromatic carbocycles. The van der Waals surface area contributed by atoms with E-state index in [0.29, 0.717) is 48.6 Å². The normalized spacial score (nSPS) is 10.9. The van der Waals surface area contributed by atoms with Crippen LogP contribution >= 0.6 is 0 Å². The van der Waals surface area contributed by atoms with Gasteiger partial charge in [-0.2, -0.15) is 4.98 Å². The molecule has 0 aliphatic carbocycles. The summed E-state index contributed by atoms with van der Waals surface area (Å²) >= 11 is 0. The largest absolute Gasteiger partial charge is 0.490 e. The number of hydrogen-bond donors (Lipinski definition) is 0. The Bertz CT molecular complexity index is 1480. The van der Waals surface area contributed by atoms with Crippen LogP contribution in [-0.4, -0.2) is 29.4 Å². The summed E-state index contributed by atoms with van der Waals surface area (Å²) in [5.74, 6) is 4.86. The number of fused-ring (bicyclic) bond motifs is 1. The van der Waals surface area contributed by atoms with E-state index in [2.05, 4.69) is 36.9 Å². The third kappa shape index (κ3) is 5.78. The Hall–Kier alpha value is -4.24. The van der Waals surface area contributed by atoms with E-state index in [4.69, 9.17) is 20.6 Å². The molecule has 190 valence electrons. The molecule has 1 aromatic heterocycles. The van der Waals surface area contributed by atoms with E-state index >= 15 is 0 Å². The minimum atomic E-state index is -0.334. The van der Waals surface area contributed by atoms with Gasteiger partial charge in [-0.15, -0.1) is 6.42 Å². The van der Waals surface area contributed by atoms with Crippen LogP contribution in [0.1, 0.15) is 44.7 Å². The fourth-order valence-electron chi connectivity index (χ4n) is 4.25. The van der Waals surface area contributed by atoms with Crippen molar-refractivity contribution in [1.82, 2.24) is 9.55 Å². The summed E-state index contributed by atoms with van der Waals surface area (Å²) < 4.78 is 18.8. The molecule has 6 nitrogen and oxygen atoms in total. The fraction of sp³-hybridized carbons (Fsp3) is 0.290. The summed E-state index contributed by atoms with van der Waals surface area (Å²) in [6.45, 7) is 9.69. The van der Waals surface area contributed by atoms with Crippen LogP contribution in [0.4, 0.5) is 0 Å². The number of rotatable bonds is 10. The van der Waals surface area contributed by atoms with E-state index in [1.807, 2.05) is 62.4 Å². The van der Waals surface area contributed by atoms with Gasteiger partial charge in [0.05, 0.1) is 31.0 Å². The first kappa shape index (κ1) is 25.8. The first-order valence-electron chi connectivity index (χ1n) is 12.5. The van der Waals surface area contributed by atoms with Crippen molar-refractivity contribution in [2.75, 3.05) is 19.8 Å². The fourth-order valence-corrected chi connectivity index (χ4v) is 4.25. The van der Waals surface area contributed by atoms with Crippen LogP contribution < -0.4 is 19.9 Å². The van der Waals surface area contributed by atoms with E-state index in [1.54, 1.807) is 4.57 Å². The van der Waals surface area contributed by atoms with E-state index in [9.17, 15) is 4.79 Å². The molecule has 0 aliphatic heterocycles. The predicted octanol–water partition coefficient (Wildman–Crippen LogP) is 6.04. The minimum absolute atomic E-state index is 0.156. The molecule has 0 amide bonds. The second kappa shape index (κ2) is 11.7. The first-order valence-corrected chi connectivity index (χ1v) is 12.5. The van der Waals surface area contributed by atoms with Crippen LogP contribution in [0, 0.1) is 12.3 Å². The van der Waals surface area contributed by atoms with E-state index < -0.39 is 0 Å². The Balaban J connectivity index is 1.84. The van der Waals surface area contributed by atoms with E-state index in [-0.39, 0.29) is 12.3 Å². The molecule has 0 fully saturated rings. The van der Waals surface area contributed by atoms with Crippen molar-refractivity contribution in [2.24, 2.45) is 0 Å². The number of nitrogens with zero attached hydrogens (tertiary/aromatic N) is 2. The highest BCUT2D eigenvalue weighted by Gasteiger charge is 2.15. The minimum Gasteiger partial charge on any atom is -0.490 e. The van der Waals surface area contributed by atoms with Crippen LogP contribution in [0.2, 0.25) is 0 Å². The molecule has 0 radical (unpaired) electrons. The number of aromatic nitrogens is 2. The quantitative estimate of drug-likeness (QED) is 0.250. The van der Waals surface area contributed by atoms with Gasteiger partial charge < -0.3 is 14.2 Å². The van der Waals surface area contributed by atoms with Gasteiger partial charge in [0.1, 0.15) is 12.4 Å². The summed E-state index contributed by atoms with van der Waals surface area (Å²) in [5.41, 5.74) is 4.02. The lowest BCUT2D eigenvalue weighted by atomic mass is 9.99. The van der Waals surface area contributed by atoms with E-state index in [0.717, 1.165) is 22.0 Å². The Kier molecular flexibility index (Phi) is 8.15. The number of ether oxygens (including phenoxy) is 3.